The number of nitrogens with one attached hydrogen (secondary N) is 1. The van der Waals surface area contributed by atoms with Gasteiger partial charge in [-0.3, -0.25) is 9.59 Å². The molecule has 2 amide bonds. The van der Waals surface area contributed by atoms with Gasteiger partial charge in [-0.05, 0) is 50.3 Å². The Kier molecular flexibility index (Phi) is 8.44. The van der Waals surface area contributed by atoms with Gasteiger partial charge in [-0.2, -0.15) is 0 Å². The molecule has 0 bridgehead atoms. The van der Waals surface area contributed by atoms with Crippen molar-refractivity contribution in [3.63, 3.8) is 0 Å². The fourth-order valence-electron chi connectivity index (χ4n) is 3.32. The van der Waals surface area contributed by atoms with Gasteiger partial charge in [-0.15, -0.1) is 0 Å². The van der Waals surface area contributed by atoms with Crippen LogP contribution in [0.15, 0.2) is 48.5 Å². The van der Waals surface area contributed by atoms with Gasteiger partial charge in [0.05, 0.1) is 6.42 Å². The van der Waals surface area contributed by atoms with Crippen molar-refractivity contribution in [2.24, 2.45) is 0 Å². The molecule has 2 aromatic carbocycles. The van der Waals surface area contributed by atoms with E-state index in [9.17, 15) is 9.59 Å². The normalized spacial score (nSPS) is 12.9. The number of carbonyl (C=O) groups is 2. The summed E-state index contributed by atoms with van der Waals surface area (Å²) in [7, 11) is 0. The van der Waals surface area contributed by atoms with Gasteiger partial charge in [0.1, 0.15) is 6.04 Å². The van der Waals surface area contributed by atoms with Crippen molar-refractivity contribution in [1.29, 1.82) is 0 Å². The smallest absolute Gasteiger partial charge is 0.243 e. The number of benzene rings is 2. The van der Waals surface area contributed by atoms with E-state index in [-0.39, 0.29) is 17.9 Å². The molecule has 156 valence electrons. The summed E-state index contributed by atoms with van der Waals surface area (Å²) in [6.07, 6.45) is 1.73. The summed E-state index contributed by atoms with van der Waals surface area (Å²) < 4.78 is 0. The van der Waals surface area contributed by atoms with E-state index in [0.717, 1.165) is 23.1 Å². The maximum atomic E-state index is 13.3. The molecular formula is C25H34N2O2. The maximum Gasteiger partial charge on any atom is 0.243 e. The first kappa shape index (κ1) is 22.7. The number of hydrogen-bond donors (Lipinski definition) is 1. The molecule has 0 saturated carbocycles. The lowest BCUT2D eigenvalue weighted by atomic mass is 10.0. The van der Waals surface area contributed by atoms with Gasteiger partial charge in [-0.25, -0.2) is 0 Å². The SMILES string of the molecule is CCC(C)NC(=O)C(CC)N(Cc1ccc(C)cc1)C(=O)Cc1ccccc1C. The zero-order valence-corrected chi connectivity index (χ0v) is 18.4. The molecule has 0 fully saturated rings. The summed E-state index contributed by atoms with van der Waals surface area (Å²) in [5.41, 5.74) is 4.30. The third-order valence-electron chi connectivity index (χ3n) is 5.46. The highest BCUT2D eigenvalue weighted by Crippen LogP contribution is 2.17. The fraction of sp³-hybridized carbons (Fsp3) is 0.440. The van der Waals surface area contributed by atoms with Crippen LogP contribution in [0.5, 0.6) is 0 Å². The number of carbonyl (C=O) groups excluding carboxylic acids is 2. The van der Waals surface area contributed by atoms with Crippen molar-refractivity contribution in [1.82, 2.24) is 10.2 Å². The summed E-state index contributed by atoms with van der Waals surface area (Å²) in [4.78, 5) is 28.0. The zero-order valence-electron chi connectivity index (χ0n) is 18.4. The second kappa shape index (κ2) is 10.8. The minimum atomic E-state index is -0.484. The van der Waals surface area contributed by atoms with E-state index in [1.807, 2.05) is 83.1 Å². The molecular weight excluding hydrogens is 360 g/mol. The predicted molar refractivity (Wildman–Crippen MR) is 119 cm³/mol. The monoisotopic (exact) mass is 394 g/mol. The molecule has 0 spiro atoms. The lowest BCUT2D eigenvalue weighted by Crippen LogP contribution is -2.51. The highest BCUT2D eigenvalue weighted by molar-refractivity contribution is 5.88. The van der Waals surface area contributed by atoms with Crippen molar-refractivity contribution in [2.45, 2.75) is 72.5 Å². The Labute approximate surface area is 175 Å². The van der Waals surface area contributed by atoms with Crippen molar-refractivity contribution in [2.75, 3.05) is 0 Å². The second-order valence-corrected chi connectivity index (χ2v) is 7.85. The molecule has 29 heavy (non-hydrogen) atoms. The molecule has 4 nitrogen and oxygen atoms in total. The van der Waals surface area contributed by atoms with Crippen LogP contribution in [0, 0.1) is 13.8 Å². The molecule has 0 aliphatic carbocycles. The van der Waals surface area contributed by atoms with Crippen LogP contribution in [0.3, 0.4) is 0 Å². The number of aryl methyl sites for hydroxylation is 2. The van der Waals surface area contributed by atoms with E-state index < -0.39 is 6.04 Å². The van der Waals surface area contributed by atoms with Gasteiger partial charge < -0.3 is 10.2 Å². The molecule has 0 aliphatic rings. The fourth-order valence-corrected chi connectivity index (χ4v) is 3.32. The highest BCUT2D eigenvalue weighted by atomic mass is 16.2. The minimum Gasteiger partial charge on any atom is -0.352 e. The van der Waals surface area contributed by atoms with Crippen LogP contribution in [0.25, 0.3) is 0 Å². The molecule has 0 aromatic heterocycles. The summed E-state index contributed by atoms with van der Waals surface area (Å²) in [6.45, 7) is 10.5. The van der Waals surface area contributed by atoms with Crippen LogP contribution in [0.2, 0.25) is 0 Å². The summed E-state index contributed by atoms with van der Waals surface area (Å²) in [6, 6.07) is 15.7. The minimum absolute atomic E-state index is 0.0222. The molecule has 2 rings (SSSR count). The first-order valence-electron chi connectivity index (χ1n) is 10.6. The highest BCUT2D eigenvalue weighted by Gasteiger charge is 2.29. The average Bonchev–Trinajstić information content (AvgIpc) is 2.70. The van der Waals surface area contributed by atoms with Crippen LogP contribution in [0.1, 0.15) is 55.9 Å². The Morgan fingerprint density at radius 1 is 0.966 bits per heavy atom. The predicted octanol–water partition coefficient (Wildman–Crippen LogP) is 4.57. The molecule has 4 heteroatoms. The largest absolute Gasteiger partial charge is 0.352 e. The van der Waals surface area contributed by atoms with Gasteiger partial charge in [-0.1, -0.05) is 67.9 Å². The van der Waals surface area contributed by atoms with Gasteiger partial charge in [0, 0.05) is 12.6 Å². The number of nitrogens with zero attached hydrogens (tertiary/aromatic N) is 1. The number of amides is 2. The van der Waals surface area contributed by atoms with Crippen molar-refractivity contribution in [3.05, 3.63) is 70.8 Å². The van der Waals surface area contributed by atoms with Crippen molar-refractivity contribution >= 4 is 11.8 Å². The van der Waals surface area contributed by atoms with Crippen LogP contribution >= 0.6 is 0 Å². The lowest BCUT2D eigenvalue weighted by Gasteiger charge is -2.31. The van der Waals surface area contributed by atoms with E-state index in [0.29, 0.717) is 19.4 Å². The van der Waals surface area contributed by atoms with Gasteiger partial charge in [0.2, 0.25) is 11.8 Å². The number of rotatable bonds is 9. The Balaban J connectivity index is 2.29. The van der Waals surface area contributed by atoms with Crippen molar-refractivity contribution < 1.29 is 9.59 Å². The Hall–Kier alpha value is -2.62. The molecule has 0 radical (unpaired) electrons. The molecule has 1 N–H and O–H groups in total. The summed E-state index contributed by atoms with van der Waals surface area (Å²) in [5.74, 6) is -0.0990. The molecule has 2 aromatic rings. The maximum absolute atomic E-state index is 13.3. The van der Waals surface area contributed by atoms with Crippen LogP contribution in [-0.2, 0) is 22.6 Å². The average molecular weight is 395 g/mol. The van der Waals surface area contributed by atoms with Crippen LogP contribution in [-0.4, -0.2) is 28.8 Å². The Morgan fingerprint density at radius 3 is 2.21 bits per heavy atom. The standard InChI is InChI=1S/C25H34N2O2/c1-6-20(5)26-25(29)23(7-2)27(17-21-14-12-18(3)13-15-21)24(28)16-22-11-9-8-10-19(22)4/h8-15,20,23H,6-7,16-17H2,1-5H3,(H,26,29). The molecule has 2 atom stereocenters. The molecule has 0 heterocycles. The number of hydrogen-bond acceptors (Lipinski definition) is 2. The zero-order chi connectivity index (χ0) is 21.4. The van der Waals surface area contributed by atoms with Crippen molar-refractivity contribution in [3.8, 4) is 0 Å². The van der Waals surface area contributed by atoms with Gasteiger partial charge in [0.15, 0.2) is 0 Å². The lowest BCUT2D eigenvalue weighted by molar-refractivity contribution is -0.141. The van der Waals surface area contributed by atoms with E-state index in [1.165, 1.54) is 5.56 Å². The Bertz CT molecular complexity index is 814. The van der Waals surface area contributed by atoms with E-state index in [4.69, 9.17) is 0 Å². The van der Waals surface area contributed by atoms with E-state index >= 15 is 0 Å². The van der Waals surface area contributed by atoms with Crippen LogP contribution in [0.4, 0.5) is 0 Å². The summed E-state index contributed by atoms with van der Waals surface area (Å²) in [5, 5.41) is 3.05. The molecule has 0 aliphatic heterocycles. The van der Waals surface area contributed by atoms with Crippen LogP contribution < -0.4 is 5.32 Å². The second-order valence-electron chi connectivity index (χ2n) is 7.85. The molecule has 2 unspecified atom stereocenters. The summed E-state index contributed by atoms with van der Waals surface area (Å²) >= 11 is 0. The topological polar surface area (TPSA) is 49.4 Å². The Morgan fingerprint density at radius 2 is 1.62 bits per heavy atom. The van der Waals surface area contributed by atoms with Gasteiger partial charge >= 0.3 is 0 Å². The molecule has 0 saturated heterocycles. The first-order chi connectivity index (χ1) is 13.8. The first-order valence-corrected chi connectivity index (χ1v) is 10.6. The third-order valence-corrected chi connectivity index (χ3v) is 5.46. The van der Waals surface area contributed by atoms with Gasteiger partial charge in [0.25, 0.3) is 0 Å². The third kappa shape index (κ3) is 6.45. The van der Waals surface area contributed by atoms with E-state index in [2.05, 4.69) is 5.32 Å². The quantitative estimate of drug-likeness (QED) is 0.677. The van der Waals surface area contributed by atoms with E-state index in [1.54, 1.807) is 4.90 Å².